The summed E-state index contributed by atoms with van der Waals surface area (Å²) < 4.78 is 2.19. The molecule has 0 atom stereocenters. The van der Waals surface area contributed by atoms with E-state index in [0.29, 0.717) is 18.2 Å². The molecule has 1 aliphatic rings. The molecule has 0 saturated heterocycles. The lowest BCUT2D eigenvalue weighted by atomic mass is 10.1. The Morgan fingerprint density at radius 1 is 1.13 bits per heavy atom. The predicted molar refractivity (Wildman–Crippen MR) is 121 cm³/mol. The predicted octanol–water partition coefficient (Wildman–Crippen LogP) is 4.57. The van der Waals surface area contributed by atoms with Gasteiger partial charge in [-0.3, -0.25) is 4.79 Å². The van der Waals surface area contributed by atoms with Gasteiger partial charge in [0.25, 0.3) is 0 Å². The SMILES string of the molecule is Cc1ccc(CN(C)C(=O)CSc2nnc(C3CC3)n2Cc2ccccc2)c(C)c1. The van der Waals surface area contributed by atoms with Gasteiger partial charge in [0.1, 0.15) is 5.82 Å². The summed E-state index contributed by atoms with van der Waals surface area (Å²) >= 11 is 1.48. The maximum atomic E-state index is 12.8. The van der Waals surface area contributed by atoms with Crippen molar-refractivity contribution in [3.63, 3.8) is 0 Å². The summed E-state index contributed by atoms with van der Waals surface area (Å²) in [7, 11) is 1.87. The second-order valence-electron chi connectivity index (χ2n) is 8.16. The van der Waals surface area contributed by atoms with Crippen LogP contribution in [0.5, 0.6) is 0 Å². The molecule has 1 fully saturated rings. The van der Waals surface area contributed by atoms with Crippen LogP contribution in [0.25, 0.3) is 0 Å². The number of carbonyl (C=O) groups excluding carboxylic acids is 1. The van der Waals surface area contributed by atoms with E-state index in [4.69, 9.17) is 0 Å². The zero-order valence-corrected chi connectivity index (χ0v) is 18.7. The molecule has 1 heterocycles. The molecule has 0 aliphatic heterocycles. The van der Waals surface area contributed by atoms with Crippen LogP contribution >= 0.6 is 11.8 Å². The number of carbonyl (C=O) groups is 1. The summed E-state index contributed by atoms with van der Waals surface area (Å²) in [6.45, 7) is 5.55. The monoisotopic (exact) mass is 420 g/mol. The van der Waals surface area contributed by atoms with Gasteiger partial charge < -0.3 is 9.47 Å². The first-order valence-electron chi connectivity index (χ1n) is 10.4. The minimum absolute atomic E-state index is 0.0993. The molecule has 1 amide bonds. The molecule has 1 aliphatic carbocycles. The van der Waals surface area contributed by atoms with Crippen molar-refractivity contribution in [2.45, 2.75) is 50.9 Å². The Bertz CT molecular complexity index is 1030. The van der Waals surface area contributed by atoms with Gasteiger partial charge in [-0.05, 0) is 43.4 Å². The van der Waals surface area contributed by atoms with Gasteiger partial charge in [-0.2, -0.15) is 0 Å². The van der Waals surface area contributed by atoms with Crippen LogP contribution < -0.4 is 0 Å². The second-order valence-corrected chi connectivity index (χ2v) is 9.10. The summed E-state index contributed by atoms with van der Waals surface area (Å²) in [4.78, 5) is 14.6. The van der Waals surface area contributed by atoms with E-state index in [1.54, 1.807) is 4.90 Å². The number of thioether (sulfide) groups is 1. The van der Waals surface area contributed by atoms with Crippen LogP contribution in [0.1, 0.15) is 46.8 Å². The number of nitrogens with zero attached hydrogens (tertiary/aromatic N) is 4. The lowest BCUT2D eigenvalue weighted by Crippen LogP contribution is -2.28. The van der Waals surface area contributed by atoms with Gasteiger partial charge >= 0.3 is 0 Å². The number of hydrogen-bond acceptors (Lipinski definition) is 4. The Morgan fingerprint density at radius 3 is 2.60 bits per heavy atom. The van der Waals surface area contributed by atoms with Crippen molar-refractivity contribution in [1.29, 1.82) is 0 Å². The highest BCUT2D eigenvalue weighted by atomic mass is 32.2. The van der Waals surface area contributed by atoms with Gasteiger partial charge in [0.2, 0.25) is 5.91 Å². The van der Waals surface area contributed by atoms with Crippen LogP contribution in [-0.4, -0.2) is 38.4 Å². The van der Waals surface area contributed by atoms with Crippen molar-refractivity contribution in [2.24, 2.45) is 0 Å². The second kappa shape index (κ2) is 9.04. The fraction of sp³-hybridized carbons (Fsp3) is 0.375. The third-order valence-corrected chi connectivity index (χ3v) is 6.48. The van der Waals surface area contributed by atoms with E-state index in [2.05, 4.69) is 71.1 Å². The first-order valence-corrected chi connectivity index (χ1v) is 11.4. The quantitative estimate of drug-likeness (QED) is 0.501. The van der Waals surface area contributed by atoms with Gasteiger partial charge in [0.05, 0.1) is 12.3 Å². The van der Waals surface area contributed by atoms with Crippen molar-refractivity contribution in [3.05, 3.63) is 76.6 Å². The fourth-order valence-corrected chi connectivity index (χ4v) is 4.45. The van der Waals surface area contributed by atoms with Crippen molar-refractivity contribution in [3.8, 4) is 0 Å². The van der Waals surface area contributed by atoms with Crippen LogP contribution in [0.4, 0.5) is 0 Å². The Balaban J connectivity index is 1.42. The number of rotatable bonds is 8. The molecule has 0 N–H and O–H groups in total. The van der Waals surface area contributed by atoms with E-state index < -0.39 is 0 Å². The minimum Gasteiger partial charge on any atom is -0.341 e. The summed E-state index contributed by atoms with van der Waals surface area (Å²) in [5.41, 5.74) is 4.87. The fourth-order valence-electron chi connectivity index (χ4n) is 3.57. The molecule has 6 heteroatoms. The molecule has 156 valence electrons. The molecule has 1 aromatic heterocycles. The normalized spacial score (nSPS) is 13.4. The van der Waals surface area contributed by atoms with Crippen molar-refractivity contribution in [1.82, 2.24) is 19.7 Å². The van der Waals surface area contributed by atoms with Crippen LogP contribution in [0, 0.1) is 13.8 Å². The summed E-state index contributed by atoms with van der Waals surface area (Å²) in [5, 5.41) is 9.70. The highest BCUT2D eigenvalue weighted by Gasteiger charge is 2.30. The van der Waals surface area contributed by atoms with Crippen molar-refractivity contribution in [2.75, 3.05) is 12.8 Å². The largest absolute Gasteiger partial charge is 0.341 e. The maximum absolute atomic E-state index is 12.8. The number of aryl methyl sites for hydroxylation is 2. The van der Waals surface area contributed by atoms with E-state index in [1.807, 2.05) is 13.1 Å². The Morgan fingerprint density at radius 2 is 1.90 bits per heavy atom. The van der Waals surface area contributed by atoms with Crippen molar-refractivity contribution >= 4 is 17.7 Å². The molecule has 2 aromatic carbocycles. The van der Waals surface area contributed by atoms with E-state index in [0.717, 1.165) is 17.5 Å². The van der Waals surface area contributed by atoms with Gasteiger partial charge in [-0.1, -0.05) is 65.9 Å². The molecule has 4 rings (SSSR count). The zero-order chi connectivity index (χ0) is 21.1. The van der Waals surface area contributed by atoms with Crippen LogP contribution in [0.3, 0.4) is 0 Å². The van der Waals surface area contributed by atoms with E-state index in [9.17, 15) is 4.79 Å². The molecule has 5 nitrogen and oxygen atoms in total. The molecule has 3 aromatic rings. The van der Waals surface area contributed by atoms with Gasteiger partial charge in [-0.15, -0.1) is 10.2 Å². The standard InChI is InChI=1S/C24H28N4OS/c1-17-9-10-21(18(2)13-17)15-27(3)22(29)16-30-24-26-25-23(20-11-12-20)28(24)14-19-7-5-4-6-8-19/h4-10,13,20H,11-12,14-16H2,1-3H3. The molecule has 0 spiro atoms. The molecular formula is C24H28N4OS. The Hall–Kier alpha value is -2.60. The highest BCUT2D eigenvalue weighted by molar-refractivity contribution is 7.99. The molecule has 30 heavy (non-hydrogen) atoms. The number of amides is 1. The summed E-state index contributed by atoms with van der Waals surface area (Å²) in [6, 6.07) is 16.7. The van der Waals surface area contributed by atoms with Gasteiger partial charge in [0.15, 0.2) is 5.16 Å². The summed E-state index contributed by atoms with van der Waals surface area (Å²) in [5.74, 6) is 2.03. The summed E-state index contributed by atoms with van der Waals surface area (Å²) in [6.07, 6.45) is 2.35. The third-order valence-electron chi connectivity index (χ3n) is 5.53. The average Bonchev–Trinajstić information content (AvgIpc) is 3.51. The van der Waals surface area contributed by atoms with E-state index in [-0.39, 0.29) is 5.91 Å². The molecule has 0 unspecified atom stereocenters. The van der Waals surface area contributed by atoms with E-state index in [1.165, 1.54) is 46.9 Å². The minimum atomic E-state index is 0.0993. The molecule has 0 bridgehead atoms. The molecule has 1 saturated carbocycles. The Labute approximate surface area is 182 Å². The third kappa shape index (κ3) is 4.93. The smallest absolute Gasteiger partial charge is 0.233 e. The van der Waals surface area contributed by atoms with Crippen LogP contribution in [0.2, 0.25) is 0 Å². The average molecular weight is 421 g/mol. The van der Waals surface area contributed by atoms with Crippen LogP contribution in [0.15, 0.2) is 53.7 Å². The number of aromatic nitrogens is 3. The maximum Gasteiger partial charge on any atom is 0.233 e. The van der Waals surface area contributed by atoms with E-state index >= 15 is 0 Å². The zero-order valence-electron chi connectivity index (χ0n) is 17.8. The topological polar surface area (TPSA) is 51.0 Å². The lowest BCUT2D eigenvalue weighted by molar-refractivity contribution is -0.127. The molecular weight excluding hydrogens is 392 g/mol. The Kier molecular flexibility index (Phi) is 6.23. The number of hydrogen-bond donors (Lipinski definition) is 0. The van der Waals surface area contributed by atoms with Gasteiger partial charge in [-0.25, -0.2) is 0 Å². The van der Waals surface area contributed by atoms with Crippen LogP contribution in [-0.2, 0) is 17.9 Å². The van der Waals surface area contributed by atoms with Crippen molar-refractivity contribution < 1.29 is 4.79 Å². The number of benzene rings is 2. The first kappa shape index (κ1) is 20.7. The highest BCUT2D eigenvalue weighted by Crippen LogP contribution is 2.40. The molecule has 0 radical (unpaired) electrons. The first-order chi connectivity index (χ1) is 14.5. The van der Waals surface area contributed by atoms with Gasteiger partial charge in [0, 0.05) is 19.5 Å². The lowest BCUT2D eigenvalue weighted by Gasteiger charge is -2.19.